The molecule has 0 aliphatic rings. The maximum absolute atomic E-state index is 11.2. The van der Waals surface area contributed by atoms with E-state index in [9.17, 15) is 4.79 Å². The monoisotopic (exact) mass is 230 g/mol. The smallest absolute Gasteiger partial charge is 0.322 e. The molecule has 1 unspecified atom stereocenters. The summed E-state index contributed by atoms with van der Waals surface area (Å²) in [6.07, 6.45) is 4.02. The first-order valence-electron chi connectivity index (χ1n) is 5.37. The van der Waals surface area contributed by atoms with Gasteiger partial charge in [0.05, 0.1) is 7.11 Å². The van der Waals surface area contributed by atoms with Gasteiger partial charge < -0.3 is 10.5 Å². The van der Waals surface area contributed by atoms with Crippen molar-refractivity contribution in [2.45, 2.75) is 12.5 Å². The number of fused-ring (bicyclic) bond motifs is 1. The van der Waals surface area contributed by atoms with Crippen LogP contribution in [0.15, 0.2) is 36.7 Å². The molecular formula is C13H14N2O2. The van der Waals surface area contributed by atoms with E-state index in [4.69, 9.17) is 5.73 Å². The highest BCUT2D eigenvalue weighted by Crippen LogP contribution is 2.15. The van der Waals surface area contributed by atoms with Gasteiger partial charge in [0.25, 0.3) is 0 Å². The van der Waals surface area contributed by atoms with Crippen molar-refractivity contribution in [2.75, 3.05) is 7.11 Å². The highest BCUT2D eigenvalue weighted by atomic mass is 16.5. The number of hydrogen-bond donors (Lipinski definition) is 1. The molecule has 2 aromatic rings. The number of aromatic nitrogens is 1. The van der Waals surface area contributed by atoms with Crippen molar-refractivity contribution < 1.29 is 9.53 Å². The first-order valence-corrected chi connectivity index (χ1v) is 5.37. The predicted octanol–water partition coefficient (Wildman–Crippen LogP) is 1.28. The number of nitrogens with two attached hydrogens (primary N) is 1. The maximum atomic E-state index is 11.2. The van der Waals surface area contributed by atoms with Crippen LogP contribution in [-0.4, -0.2) is 24.1 Å². The van der Waals surface area contributed by atoms with E-state index in [0.717, 1.165) is 16.3 Å². The molecule has 1 atom stereocenters. The average molecular weight is 230 g/mol. The van der Waals surface area contributed by atoms with E-state index in [1.54, 1.807) is 12.4 Å². The lowest BCUT2D eigenvalue weighted by Gasteiger charge is -2.09. The molecule has 4 heteroatoms. The number of esters is 1. The van der Waals surface area contributed by atoms with Crippen LogP contribution in [0.25, 0.3) is 10.8 Å². The zero-order valence-electron chi connectivity index (χ0n) is 9.59. The third-order valence-corrected chi connectivity index (χ3v) is 2.66. The molecule has 1 aromatic heterocycles. The van der Waals surface area contributed by atoms with E-state index in [-0.39, 0.29) is 0 Å². The van der Waals surface area contributed by atoms with Crippen LogP contribution < -0.4 is 5.73 Å². The van der Waals surface area contributed by atoms with Gasteiger partial charge in [-0.05, 0) is 29.5 Å². The molecule has 0 aliphatic carbocycles. The lowest BCUT2D eigenvalue weighted by molar-refractivity contribution is -0.142. The van der Waals surface area contributed by atoms with Crippen LogP contribution in [0, 0.1) is 0 Å². The zero-order valence-corrected chi connectivity index (χ0v) is 9.59. The van der Waals surface area contributed by atoms with E-state index in [1.807, 2.05) is 24.3 Å². The number of carbonyl (C=O) groups excluding carboxylic acids is 1. The highest BCUT2D eigenvalue weighted by molar-refractivity contribution is 5.82. The Balaban J connectivity index is 2.22. The Hall–Kier alpha value is -1.94. The maximum Gasteiger partial charge on any atom is 0.322 e. The second-order valence-electron chi connectivity index (χ2n) is 3.89. The number of methoxy groups -OCH3 is 1. The van der Waals surface area contributed by atoms with Crippen molar-refractivity contribution in [1.29, 1.82) is 0 Å². The Morgan fingerprint density at radius 1 is 1.41 bits per heavy atom. The molecule has 0 saturated carbocycles. The van der Waals surface area contributed by atoms with Crippen LogP contribution in [0.4, 0.5) is 0 Å². The number of carbonyl (C=O) groups is 1. The Bertz CT molecular complexity index is 540. The molecule has 0 aliphatic heterocycles. The lowest BCUT2D eigenvalue weighted by atomic mass is 10.0. The summed E-state index contributed by atoms with van der Waals surface area (Å²) < 4.78 is 4.60. The van der Waals surface area contributed by atoms with Crippen molar-refractivity contribution in [3.63, 3.8) is 0 Å². The van der Waals surface area contributed by atoms with Gasteiger partial charge in [-0.25, -0.2) is 0 Å². The molecule has 2 rings (SSSR count). The van der Waals surface area contributed by atoms with Crippen LogP contribution in [0.5, 0.6) is 0 Å². The number of ether oxygens (including phenoxy) is 1. The SMILES string of the molecule is COC(=O)C(N)Cc1ccc2ccncc2c1. The van der Waals surface area contributed by atoms with E-state index in [2.05, 4.69) is 9.72 Å². The van der Waals surface area contributed by atoms with Gasteiger partial charge in [-0.2, -0.15) is 0 Å². The van der Waals surface area contributed by atoms with Gasteiger partial charge in [-0.1, -0.05) is 12.1 Å². The predicted molar refractivity (Wildman–Crippen MR) is 65.4 cm³/mol. The topological polar surface area (TPSA) is 65.2 Å². The summed E-state index contributed by atoms with van der Waals surface area (Å²) in [6, 6.07) is 7.28. The fourth-order valence-electron chi connectivity index (χ4n) is 1.75. The van der Waals surface area contributed by atoms with Crippen molar-refractivity contribution in [3.05, 3.63) is 42.2 Å². The first-order chi connectivity index (χ1) is 8.20. The Morgan fingerprint density at radius 2 is 2.24 bits per heavy atom. The summed E-state index contributed by atoms with van der Waals surface area (Å²) in [5.41, 5.74) is 6.72. The van der Waals surface area contributed by atoms with Crippen LogP contribution in [0.2, 0.25) is 0 Å². The van der Waals surface area contributed by atoms with Gasteiger partial charge in [0.1, 0.15) is 6.04 Å². The summed E-state index contributed by atoms with van der Waals surface area (Å²) in [4.78, 5) is 15.3. The molecule has 88 valence electrons. The van der Waals surface area contributed by atoms with Crippen LogP contribution in [-0.2, 0) is 16.0 Å². The molecule has 2 N–H and O–H groups in total. The molecular weight excluding hydrogens is 216 g/mol. The number of rotatable bonds is 3. The lowest BCUT2D eigenvalue weighted by Crippen LogP contribution is -2.33. The van der Waals surface area contributed by atoms with Gasteiger partial charge in [-0.3, -0.25) is 9.78 Å². The number of benzene rings is 1. The minimum absolute atomic E-state index is 0.392. The molecule has 0 bridgehead atoms. The first kappa shape index (κ1) is 11.5. The Labute approximate surface area is 99.4 Å². The largest absolute Gasteiger partial charge is 0.468 e. The van der Waals surface area contributed by atoms with Gasteiger partial charge in [0.15, 0.2) is 0 Å². The van der Waals surface area contributed by atoms with E-state index in [1.165, 1.54) is 7.11 Å². The minimum Gasteiger partial charge on any atom is -0.468 e. The summed E-state index contributed by atoms with van der Waals surface area (Å²) >= 11 is 0. The highest BCUT2D eigenvalue weighted by Gasteiger charge is 2.14. The van der Waals surface area contributed by atoms with Gasteiger partial charge >= 0.3 is 5.97 Å². The summed E-state index contributed by atoms with van der Waals surface area (Å²) in [6.45, 7) is 0. The van der Waals surface area contributed by atoms with Crippen LogP contribution in [0.1, 0.15) is 5.56 Å². The van der Waals surface area contributed by atoms with Gasteiger partial charge in [0, 0.05) is 17.8 Å². The van der Waals surface area contributed by atoms with E-state index < -0.39 is 12.0 Å². The molecule has 4 nitrogen and oxygen atoms in total. The van der Waals surface area contributed by atoms with Crippen molar-refractivity contribution in [3.8, 4) is 0 Å². The summed E-state index contributed by atoms with van der Waals surface area (Å²) in [5.74, 6) is -0.392. The van der Waals surface area contributed by atoms with Crippen LogP contribution in [0.3, 0.4) is 0 Å². The molecule has 0 fully saturated rings. The third-order valence-electron chi connectivity index (χ3n) is 2.66. The number of pyridine rings is 1. The van der Waals surface area contributed by atoms with Gasteiger partial charge in [-0.15, -0.1) is 0 Å². The standard InChI is InChI=1S/C13H14N2O2/c1-17-13(16)12(14)7-9-2-3-10-4-5-15-8-11(10)6-9/h2-6,8,12H,7,14H2,1H3. The summed E-state index contributed by atoms with van der Waals surface area (Å²) in [7, 11) is 1.34. The fourth-order valence-corrected chi connectivity index (χ4v) is 1.75. The average Bonchev–Trinajstić information content (AvgIpc) is 2.37. The normalized spacial score (nSPS) is 12.4. The molecule has 0 radical (unpaired) electrons. The second-order valence-corrected chi connectivity index (χ2v) is 3.89. The number of nitrogens with zero attached hydrogens (tertiary/aromatic N) is 1. The molecule has 0 saturated heterocycles. The fraction of sp³-hybridized carbons (Fsp3) is 0.231. The van der Waals surface area contributed by atoms with Crippen LogP contribution >= 0.6 is 0 Å². The molecule has 17 heavy (non-hydrogen) atoms. The quantitative estimate of drug-likeness (QED) is 0.807. The van der Waals surface area contributed by atoms with E-state index in [0.29, 0.717) is 6.42 Å². The van der Waals surface area contributed by atoms with Crippen molar-refractivity contribution in [1.82, 2.24) is 4.98 Å². The van der Waals surface area contributed by atoms with Crippen molar-refractivity contribution in [2.24, 2.45) is 5.73 Å². The minimum atomic E-state index is -0.617. The molecule has 0 amide bonds. The number of hydrogen-bond acceptors (Lipinski definition) is 4. The van der Waals surface area contributed by atoms with Gasteiger partial charge in [0.2, 0.25) is 0 Å². The third kappa shape index (κ3) is 2.60. The van der Waals surface area contributed by atoms with E-state index >= 15 is 0 Å². The molecule has 1 heterocycles. The summed E-state index contributed by atoms with van der Waals surface area (Å²) in [5, 5.41) is 2.16. The Morgan fingerprint density at radius 3 is 3.00 bits per heavy atom. The zero-order chi connectivity index (χ0) is 12.3. The Kier molecular flexibility index (Phi) is 3.35. The molecule has 0 spiro atoms. The molecule has 1 aromatic carbocycles. The second kappa shape index (κ2) is 4.93. The van der Waals surface area contributed by atoms with Crippen molar-refractivity contribution >= 4 is 16.7 Å².